The van der Waals surface area contributed by atoms with Crippen LogP contribution in [0.4, 0.5) is 0 Å². The van der Waals surface area contributed by atoms with Crippen molar-refractivity contribution in [3.63, 3.8) is 0 Å². The molecular weight excluding hydrogens is 418 g/mol. The number of amides is 1. The van der Waals surface area contributed by atoms with Crippen molar-refractivity contribution >= 4 is 17.4 Å². The van der Waals surface area contributed by atoms with E-state index < -0.39 is 17.7 Å². The summed E-state index contributed by atoms with van der Waals surface area (Å²) in [6.45, 7) is 3.08. The lowest BCUT2D eigenvalue weighted by molar-refractivity contribution is -0.140. The average molecular weight is 441 g/mol. The number of Topliss-reactive ketones (excluding diaryl/α,β-unsaturated/α-hetero) is 1. The van der Waals surface area contributed by atoms with Crippen LogP contribution in [0.2, 0.25) is 0 Å². The van der Waals surface area contributed by atoms with Gasteiger partial charge in [-0.05, 0) is 36.2 Å². The Hall–Kier alpha value is -4.06. The summed E-state index contributed by atoms with van der Waals surface area (Å²) in [5, 5.41) is 11.3. The number of benzene rings is 3. The molecule has 33 heavy (non-hydrogen) atoms. The van der Waals surface area contributed by atoms with Gasteiger partial charge >= 0.3 is 0 Å². The zero-order valence-corrected chi connectivity index (χ0v) is 18.2. The minimum absolute atomic E-state index is 0.0662. The number of aryl methyl sites for hydroxylation is 1. The molecule has 5 rings (SSSR count). The number of carbonyl (C=O) groups excluding carboxylic acids is 2. The van der Waals surface area contributed by atoms with Crippen LogP contribution < -0.4 is 9.47 Å². The Bertz CT molecular complexity index is 1250. The van der Waals surface area contributed by atoms with Gasteiger partial charge in [0, 0.05) is 12.1 Å². The molecule has 1 amide bonds. The number of aliphatic hydroxyl groups excluding tert-OH is 1. The molecule has 0 aliphatic carbocycles. The van der Waals surface area contributed by atoms with E-state index in [0.717, 1.165) is 16.7 Å². The van der Waals surface area contributed by atoms with E-state index in [9.17, 15) is 14.7 Å². The van der Waals surface area contributed by atoms with Crippen LogP contribution in [0, 0.1) is 6.92 Å². The van der Waals surface area contributed by atoms with Crippen molar-refractivity contribution in [3.05, 3.63) is 101 Å². The van der Waals surface area contributed by atoms with Crippen molar-refractivity contribution in [2.24, 2.45) is 0 Å². The number of ether oxygens (including phenoxy) is 2. The van der Waals surface area contributed by atoms with E-state index >= 15 is 0 Å². The summed E-state index contributed by atoms with van der Waals surface area (Å²) < 4.78 is 11.2. The van der Waals surface area contributed by atoms with Gasteiger partial charge in [0.05, 0.1) is 11.6 Å². The largest absolute Gasteiger partial charge is 0.507 e. The zero-order valence-electron chi connectivity index (χ0n) is 18.2. The van der Waals surface area contributed by atoms with Gasteiger partial charge in [-0.3, -0.25) is 9.59 Å². The monoisotopic (exact) mass is 441 g/mol. The van der Waals surface area contributed by atoms with Crippen molar-refractivity contribution in [1.82, 2.24) is 4.90 Å². The van der Waals surface area contributed by atoms with Crippen LogP contribution in [0.15, 0.2) is 78.4 Å². The van der Waals surface area contributed by atoms with Crippen LogP contribution in [0.25, 0.3) is 5.76 Å². The third kappa shape index (κ3) is 3.84. The van der Waals surface area contributed by atoms with Gasteiger partial charge < -0.3 is 19.5 Å². The highest BCUT2D eigenvalue weighted by atomic mass is 16.6. The molecule has 0 aromatic heterocycles. The first kappa shape index (κ1) is 20.8. The van der Waals surface area contributed by atoms with E-state index in [4.69, 9.17) is 9.47 Å². The topological polar surface area (TPSA) is 76.1 Å². The van der Waals surface area contributed by atoms with Crippen LogP contribution in [0.5, 0.6) is 11.5 Å². The molecule has 1 fully saturated rings. The summed E-state index contributed by atoms with van der Waals surface area (Å²) in [4.78, 5) is 27.8. The summed E-state index contributed by atoms with van der Waals surface area (Å²) in [7, 11) is 0. The maximum Gasteiger partial charge on any atom is 0.295 e. The number of hydrogen-bond acceptors (Lipinski definition) is 5. The second-order valence-corrected chi connectivity index (χ2v) is 8.18. The summed E-state index contributed by atoms with van der Waals surface area (Å²) >= 11 is 0. The Kier molecular flexibility index (Phi) is 5.34. The normalized spacial score (nSPS) is 19.1. The maximum absolute atomic E-state index is 13.2. The highest BCUT2D eigenvalue weighted by Crippen LogP contribution is 2.41. The van der Waals surface area contributed by atoms with Crippen molar-refractivity contribution in [3.8, 4) is 11.5 Å². The molecular formula is C27H23NO5. The van der Waals surface area contributed by atoms with Gasteiger partial charge in [0.2, 0.25) is 0 Å². The molecule has 1 N–H and O–H groups in total. The van der Waals surface area contributed by atoms with Crippen LogP contribution in [0.1, 0.15) is 28.3 Å². The minimum Gasteiger partial charge on any atom is -0.507 e. The molecule has 3 aromatic carbocycles. The van der Waals surface area contributed by atoms with Gasteiger partial charge in [-0.15, -0.1) is 0 Å². The molecule has 1 saturated heterocycles. The number of carbonyl (C=O) groups is 2. The van der Waals surface area contributed by atoms with Gasteiger partial charge in [-0.25, -0.2) is 0 Å². The van der Waals surface area contributed by atoms with E-state index in [-0.39, 0.29) is 17.9 Å². The molecule has 1 unspecified atom stereocenters. The fraction of sp³-hybridized carbons (Fsp3) is 0.185. The smallest absolute Gasteiger partial charge is 0.295 e. The highest BCUT2D eigenvalue weighted by molar-refractivity contribution is 6.46. The molecule has 0 spiro atoms. The molecule has 2 heterocycles. The maximum atomic E-state index is 13.2. The first-order valence-electron chi connectivity index (χ1n) is 10.8. The second kappa shape index (κ2) is 8.47. The van der Waals surface area contributed by atoms with Crippen LogP contribution in [0.3, 0.4) is 0 Å². The third-order valence-corrected chi connectivity index (χ3v) is 5.94. The number of nitrogens with zero attached hydrogens (tertiary/aromatic N) is 1. The van der Waals surface area contributed by atoms with E-state index in [1.165, 1.54) is 4.90 Å². The Morgan fingerprint density at radius 2 is 1.64 bits per heavy atom. The molecule has 6 nitrogen and oxygen atoms in total. The lowest BCUT2D eigenvalue weighted by Crippen LogP contribution is -2.29. The number of rotatable bonds is 4. The molecule has 1 atom stereocenters. The van der Waals surface area contributed by atoms with Crippen molar-refractivity contribution in [2.45, 2.75) is 19.5 Å². The molecule has 0 radical (unpaired) electrons. The van der Waals surface area contributed by atoms with E-state index in [1.54, 1.807) is 18.2 Å². The predicted molar refractivity (Wildman–Crippen MR) is 123 cm³/mol. The standard InChI is InChI=1S/C27H23NO5/c1-17-7-9-19(10-8-17)24-23(25(29)20-11-12-21-22(15-20)33-14-13-32-21)26(30)27(31)28(24)16-18-5-3-2-4-6-18/h2-12,15,24,29H,13-14,16H2,1H3. The van der Waals surface area contributed by atoms with E-state index in [0.29, 0.717) is 30.3 Å². The minimum atomic E-state index is -0.709. The van der Waals surface area contributed by atoms with Crippen LogP contribution >= 0.6 is 0 Å². The van der Waals surface area contributed by atoms with Crippen molar-refractivity contribution in [2.75, 3.05) is 13.2 Å². The van der Waals surface area contributed by atoms with E-state index in [2.05, 4.69) is 0 Å². The number of aliphatic hydroxyl groups is 1. The molecule has 3 aromatic rings. The fourth-order valence-corrected chi connectivity index (χ4v) is 4.26. The Morgan fingerprint density at radius 3 is 2.36 bits per heavy atom. The Balaban J connectivity index is 1.63. The third-order valence-electron chi connectivity index (χ3n) is 5.94. The first-order valence-corrected chi connectivity index (χ1v) is 10.8. The quantitative estimate of drug-likeness (QED) is 0.369. The van der Waals surface area contributed by atoms with Crippen LogP contribution in [-0.2, 0) is 16.1 Å². The Labute approximate surface area is 191 Å². The zero-order chi connectivity index (χ0) is 22.9. The van der Waals surface area contributed by atoms with Crippen molar-refractivity contribution < 1.29 is 24.2 Å². The molecule has 166 valence electrons. The summed E-state index contributed by atoms with van der Waals surface area (Å²) in [5.74, 6) is -0.494. The van der Waals surface area contributed by atoms with Crippen molar-refractivity contribution in [1.29, 1.82) is 0 Å². The van der Waals surface area contributed by atoms with Gasteiger partial charge in [-0.2, -0.15) is 0 Å². The summed E-state index contributed by atoms with van der Waals surface area (Å²) in [6.07, 6.45) is 0. The molecule has 6 heteroatoms. The van der Waals surface area contributed by atoms with Gasteiger partial charge in [-0.1, -0.05) is 60.2 Å². The second-order valence-electron chi connectivity index (χ2n) is 8.18. The average Bonchev–Trinajstić information content (AvgIpc) is 3.09. The summed E-state index contributed by atoms with van der Waals surface area (Å²) in [5.41, 5.74) is 3.18. The van der Waals surface area contributed by atoms with Gasteiger partial charge in [0.15, 0.2) is 11.5 Å². The molecule has 0 saturated carbocycles. The lowest BCUT2D eigenvalue weighted by Gasteiger charge is -2.25. The fourth-order valence-electron chi connectivity index (χ4n) is 4.26. The lowest BCUT2D eigenvalue weighted by atomic mass is 9.94. The van der Waals surface area contributed by atoms with Gasteiger partial charge in [0.1, 0.15) is 19.0 Å². The van der Waals surface area contributed by atoms with E-state index in [1.807, 2.05) is 61.5 Å². The number of ketones is 1. The first-order chi connectivity index (χ1) is 16.0. The molecule has 0 bridgehead atoms. The molecule has 2 aliphatic rings. The number of likely N-dealkylation sites (tertiary alicyclic amines) is 1. The Morgan fingerprint density at radius 1 is 0.939 bits per heavy atom. The number of hydrogen-bond donors (Lipinski definition) is 1. The predicted octanol–water partition coefficient (Wildman–Crippen LogP) is 4.39. The molecule has 2 aliphatic heterocycles. The number of fused-ring (bicyclic) bond motifs is 1. The van der Waals surface area contributed by atoms with Gasteiger partial charge in [0.25, 0.3) is 11.7 Å². The highest BCUT2D eigenvalue weighted by Gasteiger charge is 2.46. The summed E-state index contributed by atoms with van der Waals surface area (Å²) in [6, 6.07) is 21.4. The van der Waals surface area contributed by atoms with Crippen LogP contribution in [-0.4, -0.2) is 34.9 Å². The SMILES string of the molecule is Cc1ccc(C2C(=C(O)c3ccc4c(c3)OCCO4)C(=O)C(=O)N2Cc2ccccc2)cc1.